The molecule has 0 aliphatic carbocycles. The van der Waals surface area contributed by atoms with Gasteiger partial charge in [0.1, 0.15) is 0 Å². The Kier molecular flexibility index (Phi) is 3.05. The second-order valence-electron chi connectivity index (χ2n) is 4.16. The van der Waals surface area contributed by atoms with Gasteiger partial charge < -0.3 is 0 Å². The number of benzene rings is 2. The monoisotopic (exact) mass is 289 g/mol. The summed E-state index contributed by atoms with van der Waals surface area (Å²) in [7, 11) is 0. The highest BCUT2D eigenvalue weighted by Gasteiger charge is 2.08. The van der Waals surface area contributed by atoms with Crippen LogP contribution in [0.2, 0.25) is 10.0 Å². The third kappa shape index (κ3) is 2.14. The summed E-state index contributed by atoms with van der Waals surface area (Å²) < 4.78 is 1.59. The van der Waals surface area contributed by atoms with Crippen LogP contribution in [0.15, 0.2) is 59.4 Å². The Morgan fingerprint density at radius 1 is 0.895 bits per heavy atom. The van der Waals surface area contributed by atoms with Crippen molar-refractivity contribution in [3.05, 3.63) is 75.0 Å². The zero-order valence-corrected chi connectivity index (χ0v) is 11.3. The van der Waals surface area contributed by atoms with Crippen molar-refractivity contribution in [3.8, 4) is 5.69 Å². The van der Waals surface area contributed by atoms with Crippen LogP contribution in [0.5, 0.6) is 0 Å². The number of nitrogens with zero attached hydrogens (tertiary/aromatic N) is 1. The van der Waals surface area contributed by atoms with E-state index in [4.69, 9.17) is 23.2 Å². The number of rotatable bonds is 1. The highest BCUT2D eigenvalue weighted by atomic mass is 35.5. The van der Waals surface area contributed by atoms with Gasteiger partial charge in [-0.3, -0.25) is 9.36 Å². The lowest BCUT2D eigenvalue weighted by atomic mass is 10.2. The second kappa shape index (κ2) is 4.72. The maximum absolute atomic E-state index is 12.1. The number of hydrogen-bond acceptors (Lipinski definition) is 1. The molecule has 0 radical (unpaired) electrons. The minimum Gasteiger partial charge on any atom is -0.275 e. The lowest BCUT2D eigenvalue weighted by molar-refractivity contribution is 1.04. The van der Waals surface area contributed by atoms with Gasteiger partial charge in [0.2, 0.25) is 0 Å². The molecule has 0 saturated heterocycles. The van der Waals surface area contributed by atoms with Gasteiger partial charge in [-0.2, -0.15) is 0 Å². The molecule has 0 unspecified atom stereocenters. The van der Waals surface area contributed by atoms with Crippen LogP contribution in [0.1, 0.15) is 0 Å². The van der Waals surface area contributed by atoms with Gasteiger partial charge in [-0.25, -0.2) is 0 Å². The number of fused-ring (bicyclic) bond motifs is 1. The molecular formula is C15H9Cl2NO. The number of hydrogen-bond donors (Lipinski definition) is 0. The SMILES string of the molecule is O=c1ccc2ccccc2n1-c1ccc(Cl)cc1Cl. The van der Waals surface area contributed by atoms with Gasteiger partial charge in [0, 0.05) is 11.1 Å². The molecule has 0 aliphatic rings. The summed E-state index contributed by atoms with van der Waals surface area (Å²) in [5, 5.41) is 1.97. The molecule has 0 fully saturated rings. The molecule has 3 rings (SSSR count). The van der Waals surface area contributed by atoms with Gasteiger partial charge in [-0.15, -0.1) is 0 Å². The van der Waals surface area contributed by atoms with Crippen LogP contribution in [-0.2, 0) is 0 Å². The summed E-state index contributed by atoms with van der Waals surface area (Å²) >= 11 is 12.1. The molecule has 1 aromatic heterocycles. The minimum atomic E-state index is -0.122. The number of para-hydroxylation sites is 1. The average Bonchev–Trinajstić information content (AvgIpc) is 2.40. The average molecular weight is 290 g/mol. The molecule has 0 N–H and O–H groups in total. The Labute approximate surface area is 119 Å². The predicted molar refractivity (Wildman–Crippen MR) is 79.6 cm³/mol. The summed E-state index contributed by atoms with van der Waals surface area (Å²) in [6.07, 6.45) is 0. The van der Waals surface area contributed by atoms with Crippen molar-refractivity contribution in [1.29, 1.82) is 0 Å². The largest absolute Gasteiger partial charge is 0.275 e. The summed E-state index contributed by atoms with van der Waals surface area (Å²) in [6.45, 7) is 0. The molecule has 4 heteroatoms. The van der Waals surface area contributed by atoms with Gasteiger partial charge >= 0.3 is 0 Å². The number of aromatic nitrogens is 1. The molecule has 3 aromatic rings. The van der Waals surface area contributed by atoms with Crippen molar-refractivity contribution < 1.29 is 0 Å². The first-order chi connectivity index (χ1) is 9.16. The molecule has 0 aliphatic heterocycles. The smallest absolute Gasteiger partial charge is 0.255 e. The van der Waals surface area contributed by atoms with Crippen molar-refractivity contribution in [2.75, 3.05) is 0 Å². The Balaban J connectivity index is 2.42. The highest BCUT2D eigenvalue weighted by molar-refractivity contribution is 6.35. The van der Waals surface area contributed by atoms with Crippen LogP contribution in [0.25, 0.3) is 16.6 Å². The van der Waals surface area contributed by atoms with Crippen molar-refractivity contribution in [2.45, 2.75) is 0 Å². The van der Waals surface area contributed by atoms with E-state index < -0.39 is 0 Å². The maximum atomic E-state index is 12.1. The summed E-state index contributed by atoms with van der Waals surface area (Å²) in [5.74, 6) is 0. The second-order valence-corrected chi connectivity index (χ2v) is 5.01. The van der Waals surface area contributed by atoms with Crippen LogP contribution in [-0.4, -0.2) is 4.57 Å². The normalized spacial score (nSPS) is 10.8. The van der Waals surface area contributed by atoms with E-state index in [1.807, 2.05) is 24.3 Å². The van der Waals surface area contributed by atoms with E-state index in [9.17, 15) is 4.79 Å². The van der Waals surface area contributed by atoms with Gasteiger partial charge in [-0.1, -0.05) is 41.4 Å². The van der Waals surface area contributed by atoms with Crippen LogP contribution in [0.4, 0.5) is 0 Å². The molecule has 1 heterocycles. The zero-order chi connectivity index (χ0) is 13.4. The third-order valence-corrected chi connectivity index (χ3v) is 3.49. The fraction of sp³-hybridized carbons (Fsp3) is 0. The standard InChI is InChI=1S/C15H9Cl2NO/c16-11-6-7-14(12(17)9-11)18-13-4-2-1-3-10(13)5-8-15(18)19/h1-9H. The molecule has 2 aromatic carbocycles. The van der Waals surface area contributed by atoms with E-state index in [1.54, 1.807) is 28.8 Å². The lowest BCUT2D eigenvalue weighted by Crippen LogP contribution is -2.17. The Hall–Kier alpha value is -1.77. The summed E-state index contributed by atoms with van der Waals surface area (Å²) in [5.41, 5.74) is 1.33. The molecular weight excluding hydrogens is 281 g/mol. The topological polar surface area (TPSA) is 22.0 Å². The van der Waals surface area contributed by atoms with Crippen molar-refractivity contribution in [1.82, 2.24) is 4.57 Å². The summed E-state index contributed by atoms with van der Waals surface area (Å²) in [4.78, 5) is 12.1. The van der Waals surface area contributed by atoms with Crippen molar-refractivity contribution in [3.63, 3.8) is 0 Å². The molecule has 94 valence electrons. The maximum Gasteiger partial charge on any atom is 0.255 e. The van der Waals surface area contributed by atoms with Gasteiger partial charge in [0.05, 0.1) is 16.2 Å². The molecule has 0 amide bonds. The Morgan fingerprint density at radius 2 is 1.68 bits per heavy atom. The first-order valence-corrected chi connectivity index (χ1v) is 6.48. The quantitative estimate of drug-likeness (QED) is 0.655. The molecule has 0 bridgehead atoms. The van der Waals surface area contributed by atoms with E-state index in [1.165, 1.54) is 6.07 Å². The van der Waals surface area contributed by atoms with Crippen LogP contribution in [0.3, 0.4) is 0 Å². The van der Waals surface area contributed by atoms with Crippen LogP contribution < -0.4 is 5.56 Å². The first-order valence-electron chi connectivity index (χ1n) is 5.73. The van der Waals surface area contributed by atoms with Crippen molar-refractivity contribution >= 4 is 34.1 Å². The van der Waals surface area contributed by atoms with Gasteiger partial charge in [-0.05, 0) is 35.7 Å². The number of pyridine rings is 1. The molecule has 19 heavy (non-hydrogen) atoms. The van der Waals surface area contributed by atoms with Gasteiger partial charge in [0.25, 0.3) is 5.56 Å². The van der Waals surface area contributed by atoms with Crippen LogP contribution in [0, 0.1) is 0 Å². The summed E-state index contributed by atoms with van der Waals surface area (Å²) in [6, 6.07) is 16.1. The first kappa shape index (κ1) is 12.3. The zero-order valence-electron chi connectivity index (χ0n) is 9.81. The van der Waals surface area contributed by atoms with Crippen molar-refractivity contribution in [2.24, 2.45) is 0 Å². The highest BCUT2D eigenvalue weighted by Crippen LogP contribution is 2.25. The fourth-order valence-corrected chi connectivity index (χ4v) is 2.59. The van der Waals surface area contributed by atoms with E-state index in [2.05, 4.69) is 0 Å². The third-order valence-electron chi connectivity index (χ3n) is 2.95. The molecule has 0 atom stereocenters. The molecule has 0 saturated carbocycles. The van der Waals surface area contributed by atoms with Gasteiger partial charge in [0.15, 0.2) is 0 Å². The molecule has 0 spiro atoms. The van der Waals surface area contributed by atoms with E-state index in [0.717, 1.165) is 10.9 Å². The molecule has 2 nitrogen and oxygen atoms in total. The lowest BCUT2D eigenvalue weighted by Gasteiger charge is -2.11. The van der Waals surface area contributed by atoms with E-state index >= 15 is 0 Å². The van der Waals surface area contributed by atoms with E-state index in [0.29, 0.717) is 15.7 Å². The predicted octanol–water partition coefficient (Wildman–Crippen LogP) is 4.30. The van der Waals surface area contributed by atoms with Crippen LogP contribution >= 0.6 is 23.2 Å². The number of halogens is 2. The Bertz CT molecular complexity index is 824. The fourth-order valence-electron chi connectivity index (χ4n) is 2.10. The Morgan fingerprint density at radius 3 is 2.47 bits per heavy atom. The minimum absolute atomic E-state index is 0.122. The van der Waals surface area contributed by atoms with E-state index in [-0.39, 0.29) is 5.56 Å².